The molecule has 0 saturated carbocycles. The minimum absolute atomic E-state index is 0.350. The number of amides is 2. The summed E-state index contributed by atoms with van der Waals surface area (Å²) in [5.41, 5.74) is 4.60. The van der Waals surface area contributed by atoms with Crippen LogP contribution in [0.3, 0.4) is 0 Å². The van der Waals surface area contributed by atoms with E-state index >= 15 is 4.39 Å². The normalized spacial score (nSPS) is 12.4. The molecule has 36 heteroatoms. The van der Waals surface area contributed by atoms with E-state index < -0.39 is 195 Å². The van der Waals surface area contributed by atoms with Crippen LogP contribution in [0.25, 0.3) is 21.5 Å². The first-order chi connectivity index (χ1) is 39.2. The highest BCUT2D eigenvalue weighted by atomic mass is 32.2. The van der Waals surface area contributed by atoms with Crippen LogP contribution in [0.15, 0.2) is 135 Å². The van der Waals surface area contributed by atoms with Crippen molar-refractivity contribution < 1.29 is 76.1 Å². The molecule has 2 amide bonds. The van der Waals surface area contributed by atoms with Gasteiger partial charge in [0.05, 0.1) is 0 Å². The van der Waals surface area contributed by atoms with Gasteiger partial charge in [-0.2, -0.15) is 53.0 Å². The van der Waals surface area contributed by atoms with Crippen LogP contribution in [0.5, 0.6) is 11.8 Å². The maximum absolute atomic E-state index is 15.5. The fourth-order valence-electron chi connectivity index (χ4n) is 8.84. The summed E-state index contributed by atoms with van der Waals surface area (Å²) in [6.45, 7) is 1.08. The number of hydrogen-bond donors (Lipinski definition) is 9. The van der Waals surface area contributed by atoms with E-state index in [0.29, 0.717) is 14.8 Å². The van der Waals surface area contributed by atoms with Crippen LogP contribution < -0.4 is 32.8 Å². The molecule has 84 heavy (non-hydrogen) atoms. The van der Waals surface area contributed by atoms with Crippen LogP contribution in [0.2, 0.25) is 0 Å². The molecule has 0 fully saturated rings. The minimum Gasteiger partial charge on any atom is -0.494 e. The summed E-state index contributed by atoms with van der Waals surface area (Å²) >= 11 is 0. The molecule has 0 saturated heterocycles. The van der Waals surface area contributed by atoms with Crippen molar-refractivity contribution in [3.05, 3.63) is 140 Å². The van der Waals surface area contributed by atoms with Crippen molar-refractivity contribution in [2.45, 2.75) is 53.4 Å². The number of rotatable bonds is 19. The van der Waals surface area contributed by atoms with E-state index in [0.717, 1.165) is 85.0 Å². The van der Waals surface area contributed by atoms with E-state index in [1.165, 1.54) is 0 Å². The van der Waals surface area contributed by atoms with Gasteiger partial charge >= 0.3 is 6.08 Å². The van der Waals surface area contributed by atoms with Crippen LogP contribution in [-0.2, 0) is 53.6 Å². The Morgan fingerprint density at radius 2 is 0.988 bits per heavy atom. The van der Waals surface area contributed by atoms with Gasteiger partial charge in [-0.15, -0.1) is 20.5 Å². The molecule has 0 radical (unpaired) electrons. The molecule has 0 atom stereocenters. The molecule has 0 spiro atoms. The molecule has 8 rings (SSSR count). The van der Waals surface area contributed by atoms with Crippen LogP contribution in [0.4, 0.5) is 44.7 Å². The number of aromatic hydroxyl groups is 2. The van der Waals surface area contributed by atoms with Crippen LogP contribution >= 0.6 is 0 Å². The summed E-state index contributed by atoms with van der Waals surface area (Å²) in [7, 11) is -20.6. The van der Waals surface area contributed by atoms with E-state index in [1.54, 1.807) is 31.2 Å². The molecular weight excluding hydrogens is 1190 g/mol. The number of nitrogens with zero attached hydrogens (tertiary/aromatic N) is 10. The Labute approximate surface area is 472 Å². The maximum atomic E-state index is 15.5. The van der Waals surface area contributed by atoms with Gasteiger partial charge in [-0.1, -0.05) is 54.1 Å². The molecule has 8 aromatic rings. The summed E-state index contributed by atoms with van der Waals surface area (Å²) in [5, 5.41) is 39.5. The fraction of sp³-hybridized carbons (Fsp3) is 0.146. The first-order valence-electron chi connectivity index (χ1n) is 23.6. The fourth-order valence-corrected chi connectivity index (χ4v) is 11.9. The summed E-state index contributed by atoms with van der Waals surface area (Å²) < 4.78 is 157. The van der Waals surface area contributed by atoms with Gasteiger partial charge in [0.2, 0.25) is 23.7 Å². The van der Waals surface area contributed by atoms with Gasteiger partial charge in [-0.05, 0) is 57.2 Å². The number of halogens is 1. The van der Waals surface area contributed by atoms with Crippen LogP contribution in [0, 0.1) is 26.8 Å². The SMILES string of the molecule is Cc1ccc(Nc2nc(F)nc(N(CCn3c(O)c(C(N)=O)c(C)c(N=Nc4ccc5c(S(=O)(=O)O)cccc5c4S(=O)(=O)O)c3=O)CCn3c(O)c(C(N)=O)c(C)c(N=Nc4ccc5c(S(=O)(=O)O)cccc5c4S(=O)(=O)O)c3=O)n2)cc1. The van der Waals surface area contributed by atoms with E-state index in [2.05, 4.69) is 40.7 Å². The van der Waals surface area contributed by atoms with Crippen LogP contribution in [0.1, 0.15) is 37.4 Å². The average Bonchev–Trinajstić information content (AvgIpc) is 1.16. The quantitative estimate of drug-likeness (QED) is 0.0382. The third-order valence-corrected chi connectivity index (χ3v) is 16.4. The minimum atomic E-state index is -5.33. The second-order valence-electron chi connectivity index (χ2n) is 18.0. The summed E-state index contributed by atoms with van der Waals surface area (Å²) in [6.07, 6.45) is -1.41. The Balaban J connectivity index is 1.24. The van der Waals surface area contributed by atoms with Crippen molar-refractivity contribution in [1.82, 2.24) is 24.1 Å². The number of carbonyl (C=O) groups is 2. The summed E-state index contributed by atoms with van der Waals surface area (Å²) in [4.78, 5) is 63.9. The first-order valence-corrected chi connectivity index (χ1v) is 29.3. The van der Waals surface area contributed by atoms with Crippen molar-refractivity contribution in [2.24, 2.45) is 31.9 Å². The lowest BCUT2D eigenvalue weighted by Gasteiger charge is -2.25. The molecule has 31 nitrogen and oxygen atoms in total. The Morgan fingerprint density at radius 3 is 1.37 bits per heavy atom. The Kier molecular flexibility index (Phi) is 16.3. The number of nitrogens with two attached hydrogens (primary N) is 2. The van der Waals surface area contributed by atoms with E-state index in [9.17, 15) is 81.3 Å². The Bertz CT molecular complexity index is 4540. The van der Waals surface area contributed by atoms with E-state index in [-0.39, 0.29) is 10.8 Å². The molecule has 0 aliphatic carbocycles. The first kappa shape index (κ1) is 60.5. The highest BCUT2D eigenvalue weighted by Gasteiger charge is 2.29. The molecule has 0 aliphatic rings. The number of aromatic nitrogens is 5. The van der Waals surface area contributed by atoms with Gasteiger partial charge in [0.1, 0.15) is 42.1 Å². The molecule has 11 N–H and O–H groups in total. The van der Waals surface area contributed by atoms with Gasteiger partial charge in [0.25, 0.3) is 63.4 Å². The number of fused-ring (bicyclic) bond motifs is 2. The monoisotopic (exact) mass is 1240 g/mol. The van der Waals surface area contributed by atoms with E-state index in [1.807, 2.05) is 0 Å². The number of nitrogens with one attached hydrogen (secondary N) is 1. The van der Waals surface area contributed by atoms with Crippen molar-refractivity contribution >= 4 is 114 Å². The van der Waals surface area contributed by atoms with Crippen LogP contribution in [-0.4, -0.2) is 111 Å². The molecule has 0 bridgehead atoms. The highest BCUT2D eigenvalue weighted by molar-refractivity contribution is 7.87. The number of carbonyl (C=O) groups excluding carboxylic acids is 2. The predicted octanol–water partition coefficient (Wildman–Crippen LogP) is 4.94. The van der Waals surface area contributed by atoms with E-state index in [4.69, 9.17) is 11.5 Å². The number of anilines is 3. The van der Waals surface area contributed by atoms with Crippen molar-refractivity contribution in [1.29, 1.82) is 0 Å². The van der Waals surface area contributed by atoms with Crippen molar-refractivity contribution in [2.75, 3.05) is 23.3 Å². The highest BCUT2D eigenvalue weighted by Crippen LogP contribution is 2.39. The maximum Gasteiger partial charge on any atom is 0.315 e. The van der Waals surface area contributed by atoms with Crippen molar-refractivity contribution in [3.63, 3.8) is 0 Å². The second-order valence-corrected chi connectivity index (χ2v) is 23.5. The van der Waals surface area contributed by atoms with Gasteiger partial charge < -0.3 is 31.9 Å². The zero-order valence-corrected chi connectivity index (χ0v) is 46.4. The number of azo groups is 2. The smallest absolute Gasteiger partial charge is 0.315 e. The van der Waals surface area contributed by atoms with Gasteiger partial charge in [0, 0.05) is 64.5 Å². The number of aryl methyl sites for hydroxylation is 1. The Hall–Kier alpha value is -9.56. The second kappa shape index (κ2) is 22.6. The third-order valence-electron chi connectivity index (χ3n) is 12.7. The molecule has 3 heterocycles. The van der Waals surface area contributed by atoms with Gasteiger partial charge in [-0.25, -0.2) is 0 Å². The molecule has 5 aromatic carbocycles. The van der Waals surface area contributed by atoms with Gasteiger partial charge in [-0.3, -0.25) is 46.5 Å². The number of benzene rings is 5. The Morgan fingerprint density at radius 1 is 0.571 bits per heavy atom. The van der Waals surface area contributed by atoms with Gasteiger partial charge in [0.15, 0.2) is 11.4 Å². The lowest BCUT2D eigenvalue weighted by atomic mass is 10.1. The number of pyridine rings is 2. The lowest BCUT2D eigenvalue weighted by Crippen LogP contribution is -2.37. The zero-order chi connectivity index (χ0) is 61.7. The third kappa shape index (κ3) is 12.1. The molecule has 3 aromatic heterocycles. The number of hydrogen-bond acceptors (Lipinski definition) is 23. The molecule has 0 aliphatic heterocycles. The lowest BCUT2D eigenvalue weighted by molar-refractivity contribution is 0.0986. The standard InChI is InChI=1S/C48H42FN13O18S4/c1-22-10-12-25(13-11-22)52-47-53-46(49)54-48(55-47)60(18-20-61-42(65)34(40(50)63)23(2)36(44(61)67)58-56-30-16-14-26-28(38(30)83(75,76)77)6-4-8-32(26)81(69,70)71)19-21-62-43(66)35(41(51)64)24(3)37(45(62)68)59-57-31-17-15-27-29(39(31)84(78,79)80)7-5-9-33(27)82(72,73)74/h4-17,65-66H,18-21H2,1-3H3,(H2,50,63)(H2,51,64)(H,69,70,71)(H,72,73,74)(H,75,76,77)(H,78,79,80)(H,52,53,54,55). The topological polar surface area (TPSA) is 492 Å². The largest absolute Gasteiger partial charge is 0.494 e. The van der Waals surface area contributed by atoms with Crippen molar-refractivity contribution in [3.8, 4) is 11.8 Å². The number of primary amides is 2. The average molecular weight is 1240 g/mol. The molecular formula is C48H42FN13O18S4. The predicted molar refractivity (Wildman–Crippen MR) is 293 cm³/mol. The molecule has 0 unspecified atom stereocenters. The zero-order valence-electron chi connectivity index (χ0n) is 43.1. The summed E-state index contributed by atoms with van der Waals surface area (Å²) in [6, 6.07) is 16.4. The summed E-state index contributed by atoms with van der Waals surface area (Å²) in [5.74, 6) is -5.90. The molecule has 438 valence electrons.